The van der Waals surface area contributed by atoms with Gasteiger partial charge in [-0.1, -0.05) is 12.2 Å². The van der Waals surface area contributed by atoms with Crippen LogP contribution in [0.4, 0.5) is 0 Å². The van der Waals surface area contributed by atoms with Crippen molar-refractivity contribution in [2.24, 2.45) is 0 Å². The highest BCUT2D eigenvalue weighted by Gasteiger charge is 2.21. The number of hydrogen-bond acceptors (Lipinski definition) is 3. The van der Waals surface area contributed by atoms with Crippen LogP contribution in [0.15, 0.2) is 30.4 Å². The van der Waals surface area contributed by atoms with Crippen molar-refractivity contribution in [3.05, 3.63) is 35.9 Å². The number of allylic oxidation sites excluding steroid dienone is 1. The van der Waals surface area contributed by atoms with Crippen LogP contribution in [0.1, 0.15) is 18.6 Å². The molecule has 1 aliphatic rings. The highest BCUT2D eigenvalue weighted by molar-refractivity contribution is 5.44. The van der Waals surface area contributed by atoms with Gasteiger partial charge < -0.3 is 14.6 Å². The lowest BCUT2D eigenvalue weighted by Crippen LogP contribution is -1.97. The second-order valence-electron chi connectivity index (χ2n) is 3.41. The fourth-order valence-electron chi connectivity index (χ4n) is 1.50. The van der Waals surface area contributed by atoms with Crippen LogP contribution in [0.2, 0.25) is 0 Å². The summed E-state index contributed by atoms with van der Waals surface area (Å²) in [6, 6.07) is 5.51. The summed E-state index contributed by atoms with van der Waals surface area (Å²) in [6.45, 7) is 2.84. The third kappa shape index (κ3) is 2.13. The van der Waals surface area contributed by atoms with Gasteiger partial charge in [0.15, 0.2) is 0 Å². The van der Waals surface area contributed by atoms with E-state index in [4.69, 9.17) is 9.47 Å². The van der Waals surface area contributed by atoms with Crippen LogP contribution >= 0.6 is 0 Å². The van der Waals surface area contributed by atoms with Gasteiger partial charge in [-0.2, -0.15) is 0 Å². The monoisotopic (exact) mass is 206 g/mol. The molecule has 3 nitrogen and oxygen atoms in total. The van der Waals surface area contributed by atoms with Gasteiger partial charge in [0.25, 0.3) is 0 Å². The van der Waals surface area contributed by atoms with Gasteiger partial charge in [0.05, 0.1) is 0 Å². The van der Waals surface area contributed by atoms with Crippen LogP contribution in [-0.4, -0.2) is 18.3 Å². The molecule has 0 amide bonds. The first-order valence-corrected chi connectivity index (χ1v) is 5.00. The lowest BCUT2D eigenvalue weighted by molar-refractivity contribution is 0.140. The molecule has 0 saturated heterocycles. The minimum Gasteiger partial charge on any atom is -0.490 e. The molecule has 2 rings (SSSR count). The maximum absolute atomic E-state index is 9.51. The summed E-state index contributed by atoms with van der Waals surface area (Å²) in [7, 11) is 0. The van der Waals surface area contributed by atoms with E-state index in [1.54, 1.807) is 0 Å². The van der Waals surface area contributed by atoms with Crippen molar-refractivity contribution in [2.75, 3.05) is 13.2 Å². The van der Waals surface area contributed by atoms with Gasteiger partial charge in [0.1, 0.15) is 30.8 Å². The van der Waals surface area contributed by atoms with E-state index in [2.05, 4.69) is 0 Å². The molecule has 0 radical (unpaired) electrons. The molecule has 0 aromatic heterocycles. The summed E-state index contributed by atoms with van der Waals surface area (Å²) < 4.78 is 10.8. The zero-order valence-corrected chi connectivity index (χ0v) is 8.64. The Bertz CT molecular complexity index is 371. The summed E-state index contributed by atoms with van der Waals surface area (Å²) in [5.74, 6) is 1.49. The molecule has 1 atom stereocenters. The van der Waals surface area contributed by atoms with Gasteiger partial charge in [0.2, 0.25) is 0 Å². The third-order valence-corrected chi connectivity index (χ3v) is 2.32. The van der Waals surface area contributed by atoms with Crippen molar-refractivity contribution < 1.29 is 14.6 Å². The Hall–Kier alpha value is -1.48. The highest BCUT2D eigenvalue weighted by Crippen LogP contribution is 2.34. The van der Waals surface area contributed by atoms with Crippen molar-refractivity contribution in [2.45, 2.75) is 13.0 Å². The van der Waals surface area contributed by atoms with Crippen LogP contribution < -0.4 is 9.47 Å². The average molecular weight is 206 g/mol. The van der Waals surface area contributed by atoms with Gasteiger partial charge >= 0.3 is 0 Å². The van der Waals surface area contributed by atoms with Crippen molar-refractivity contribution >= 4 is 0 Å². The first kappa shape index (κ1) is 10.1. The highest BCUT2D eigenvalue weighted by atomic mass is 16.5. The Morgan fingerprint density at radius 3 is 3.27 bits per heavy atom. The number of hydrogen-bond donors (Lipinski definition) is 1. The molecule has 0 saturated carbocycles. The predicted molar refractivity (Wildman–Crippen MR) is 57.2 cm³/mol. The standard InChI is InChI=1S/C12H14O3/c1-2-3-6-14-9-4-5-10-11(13)8-15-12(10)7-9/h2-5,7,11,13H,6,8H2,1H3. The summed E-state index contributed by atoms with van der Waals surface area (Å²) in [4.78, 5) is 0. The lowest BCUT2D eigenvalue weighted by atomic mass is 10.1. The number of benzene rings is 1. The molecule has 80 valence electrons. The quantitative estimate of drug-likeness (QED) is 0.769. The van der Waals surface area contributed by atoms with E-state index in [0.29, 0.717) is 13.2 Å². The number of fused-ring (bicyclic) bond motifs is 1. The molecule has 0 spiro atoms. The van der Waals surface area contributed by atoms with Gasteiger partial charge in [-0.25, -0.2) is 0 Å². The van der Waals surface area contributed by atoms with E-state index < -0.39 is 6.10 Å². The summed E-state index contributed by atoms with van der Waals surface area (Å²) >= 11 is 0. The fraction of sp³-hybridized carbons (Fsp3) is 0.333. The van der Waals surface area contributed by atoms with E-state index in [9.17, 15) is 5.11 Å². The average Bonchev–Trinajstić information content (AvgIpc) is 2.61. The molecule has 1 unspecified atom stereocenters. The fourth-order valence-corrected chi connectivity index (χ4v) is 1.50. The Balaban J connectivity index is 2.09. The number of aliphatic hydroxyl groups is 1. The van der Waals surface area contributed by atoms with E-state index in [1.165, 1.54) is 0 Å². The minimum atomic E-state index is -0.496. The van der Waals surface area contributed by atoms with E-state index in [0.717, 1.165) is 17.1 Å². The molecule has 1 N–H and O–H groups in total. The molecule has 1 aliphatic heterocycles. The molecule has 0 aliphatic carbocycles. The second-order valence-corrected chi connectivity index (χ2v) is 3.41. The van der Waals surface area contributed by atoms with Gasteiger partial charge in [-0.05, 0) is 19.1 Å². The van der Waals surface area contributed by atoms with Gasteiger partial charge in [-0.15, -0.1) is 0 Å². The molecule has 0 fully saturated rings. The van der Waals surface area contributed by atoms with E-state index in [-0.39, 0.29) is 0 Å². The Morgan fingerprint density at radius 1 is 1.60 bits per heavy atom. The maximum atomic E-state index is 9.51. The van der Waals surface area contributed by atoms with Crippen molar-refractivity contribution in [1.82, 2.24) is 0 Å². The molecule has 3 heteroatoms. The summed E-state index contributed by atoms with van der Waals surface area (Å²) in [6.07, 6.45) is 3.38. The Morgan fingerprint density at radius 2 is 2.47 bits per heavy atom. The first-order valence-electron chi connectivity index (χ1n) is 5.00. The third-order valence-electron chi connectivity index (χ3n) is 2.32. The van der Waals surface area contributed by atoms with E-state index in [1.807, 2.05) is 37.3 Å². The first-order chi connectivity index (χ1) is 7.31. The largest absolute Gasteiger partial charge is 0.490 e. The molecule has 1 aromatic rings. The van der Waals surface area contributed by atoms with Crippen LogP contribution in [0.25, 0.3) is 0 Å². The molecule has 0 bridgehead atoms. The molecule has 1 heterocycles. The van der Waals surface area contributed by atoms with Crippen molar-refractivity contribution in [3.63, 3.8) is 0 Å². The summed E-state index contributed by atoms with van der Waals surface area (Å²) in [5, 5.41) is 9.51. The lowest BCUT2D eigenvalue weighted by Gasteiger charge is -2.05. The van der Waals surface area contributed by atoms with Gasteiger partial charge in [0, 0.05) is 11.6 Å². The molecule has 1 aromatic carbocycles. The smallest absolute Gasteiger partial charge is 0.129 e. The molecule has 15 heavy (non-hydrogen) atoms. The normalized spacial score (nSPS) is 18.9. The van der Waals surface area contributed by atoms with Crippen molar-refractivity contribution in [1.29, 1.82) is 0 Å². The zero-order chi connectivity index (χ0) is 10.7. The van der Waals surface area contributed by atoms with Crippen LogP contribution in [-0.2, 0) is 0 Å². The van der Waals surface area contributed by atoms with Crippen molar-refractivity contribution in [3.8, 4) is 11.5 Å². The molecular weight excluding hydrogens is 192 g/mol. The predicted octanol–water partition coefficient (Wildman–Crippen LogP) is 2.07. The Kier molecular flexibility index (Phi) is 2.92. The topological polar surface area (TPSA) is 38.7 Å². The van der Waals surface area contributed by atoms with E-state index >= 15 is 0 Å². The number of aliphatic hydroxyl groups excluding tert-OH is 1. The zero-order valence-electron chi connectivity index (χ0n) is 8.64. The second kappa shape index (κ2) is 4.36. The molecular formula is C12H14O3. The number of ether oxygens (including phenoxy) is 2. The minimum absolute atomic E-state index is 0.341. The van der Waals surface area contributed by atoms with Gasteiger partial charge in [-0.3, -0.25) is 0 Å². The number of rotatable bonds is 3. The summed E-state index contributed by atoms with van der Waals surface area (Å²) in [5.41, 5.74) is 0.841. The van der Waals surface area contributed by atoms with Crippen LogP contribution in [0.5, 0.6) is 11.5 Å². The van der Waals surface area contributed by atoms with Crippen LogP contribution in [0, 0.1) is 0 Å². The van der Waals surface area contributed by atoms with Crippen LogP contribution in [0.3, 0.4) is 0 Å². The SMILES string of the molecule is CC=CCOc1ccc2c(c1)OCC2O. The maximum Gasteiger partial charge on any atom is 0.129 e. The Labute approximate surface area is 88.9 Å².